The smallest absolute Gasteiger partial charge is 0.251 e. The first-order valence-electron chi connectivity index (χ1n) is 8.38. The van der Waals surface area contributed by atoms with Crippen LogP contribution in [0.15, 0.2) is 41.4 Å². The Morgan fingerprint density at radius 2 is 1.78 bits per heavy atom. The van der Waals surface area contributed by atoms with Gasteiger partial charge in [-0.15, -0.1) is 24.0 Å². The van der Waals surface area contributed by atoms with Crippen LogP contribution in [0.3, 0.4) is 0 Å². The number of aromatic nitrogens is 1. The third-order valence-electron chi connectivity index (χ3n) is 3.70. The van der Waals surface area contributed by atoms with Crippen molar-refractivity contribution in [2.45, 2.75) is 13.5 Å². The van der Waals surface area contributed by atoms with Gasteiger partial charge >= 0.3 is 0 Å². The molecule has 2 rings (SSSR count). The summed E-state index contributed by atoms with van der Waals surface area (Å²) in [5, 5.41) is 10.2. The maximum Gasteiger partial charge on any atom is 0.251 e. The first-order valence-corrected chi connectivity index (χ1v) is 9.13. The van der Waals surface area contributed by atoms with E-state index in [2.05, 4.69) is 20.9 Å². The van der Waals surface area contributed by atoms with Crippen LogP contribution in [0.25, 0.3) is 0 Å². The highest BCUT2D eigenvalue weighted by molar-refractivity contribution is 14.0. The second kappa shape index (κ2) is 12.1. The second-order valence-corrected chi connectivity index (χ2v) is 6.34. The third-order valence-corrected chi connectivity index (χ3v) is 4.54. The topological polar surface area (TPSA) is 70.5 Å². The highest BCUT2D eigenvalue weighted by Gasteiger charge is 2.09. The van der Waals surface area contributed by atoms with E-state index < -0.39 is 0 Å². The van der Waals surface area contributed by atoms with Gasteiger partial charge in [0.05, 0.1) is 11.6 Å². The van der Waals surface area contributed by atoms with Crippen molar-refractivity contribution >= 4 is 59.0 Å². The Kier molecular flexibility index (Phi) is 10.6. The minimum atomic E-state index is -0.0950. The number of nitrogens with zero attached hydrogens (tertiary/aromatic N) is 2. The summed E-state index contributed by atoms with van der Waals surface area (Å²) in [5.74, 6) is 0.567. The van der Waals surface area contributed by atoms with E-state index in [-0.39, 0.29) is 29.9 Å². The zero-order valence-corrected chi connectivity index (χ0v) is 19.1. The number of carbonyl (C=O) groups is 1. The largest absolute Gasteiger partial charge is 0.357 e. The maximum absolute atomic E-state index is 12.0. The zero-order chi connectivity index (χ0) is 18.9. The predicted octanol–water partition coefficient (Wildman–Crippen LogP) is 3.44. The van der Waals surface area contributed by atoms with Gasteiger partial charge in [-0.3, -0.25) is 4.79 Å². The number of benzene rings is 1. The zero-order valence-electron chi connectivity index (χ0n) is 15.3. The number of nitrogens with one attached hydrogen (secondary N) is 3. The van der Waals surface area contributed by atoms with Gasteiger partial charge in [0.1, 0.15) is 5.15 Å². The molecule has 0 saturated carbocycles. The van der Waals surface area contributed by atoms with Gasteiger partial charge in [-0.1, -0.05) is 41.4 Å². The lowest BCUT2D eigenvalue weighted by atomic mass is 10.2. The number of carbonyl (C=O) groups excluding carboxylic acids is 1. The molecule has 0 aliphatic heterocycles. The molecule has 1 aromatic carbocycles. The van der Waals surface area contributed by atoms with Crippen molar-refractivity contribution in [3.8, 4) is 0 Å². The van der Waals surface area contributed by atoms with Gasteiger partial charge in [0.15, 0.2) is 5.96 Å². The molecular formula is C18H24Cl2IN5O. The van der Waals surface area contributed by atoms with Gasteiger partial charge in [0.25, 0.3) is 5.91 Å². The molecule has 2 aromatic rings. The summed E-state index contributed by atoms with van der Waals surface area (Å²) < 4.78 is 1.80. The predicted molar refractivity (Wildman–Crippen MR) is 122 cm³/mol. The van der Waals surface area contributed by atoms with E-state index in [9.17, 15) is 4.79 Å². The summed E-state index contributed by atoms with van der Waals surface area (Å²) in [6, 6.07) is 10.9. The molecule has 0 aliphatic carbocycles. The molecule has 3 N–H and O–H groups in total. The minimum Gasteiger partial charge on any atom is -0.357 e. The Bertz CT molecular complexity index is 765. The van der Waals surface area contributed by atoms with Crippen molar-refractivity contribution in [2.24, 2.45) is 12.0 Å². The van der Waals surface area contributed by atoms with Gasteiger partial charge in [-0.2, -0.15) is 0 Å². The summed E-state index contributed by atoms with van der Waals surface area (Å²) in [6.45, 7) is 4.20. The third kappa shape index (κ3) is 7.23. The second-order valence-electron chi connectivity index (χ2n) is 5.58. The Morgan fingerprint density at radius 1 is 1.11 bits per heavy atom. The molecule has 0 fully saturated rings. The van der Waals surface area contributed by atoms with Crippen LogP contribution in [0.5, 0.6) is 0 Å². The fourth-order valence-electron chi connectivity index (χ4n) is 2.29. The lowest BCUT2D eigenvalue weighted by Crippen LogP contribution is -2.41. The average molecular weight is 524 g/mol. The molecule has 0 unspecified atom stereocenters. The summed E-state index contributed by atoms with van der Waals surface area (Å²) >= 11 is 12.1. The monoisotopic (exact) mass is 523 g/mol. The van der Waals surface area contributed by atoms with Gasteiger partial charge < -0.3 is 20.5 Å². The number of aliphatic imine (C=N–C) groups is 1. The van der Waals surface area contributed by atoms with Gasteiger partial charge in [0.2, 0.25) is 0 Å². The van der Waals surface area contributed by atoms with E-state index in [1.807, 2.05) is 32.2 Å². The number of guanidine groups is 1. The van der Waals surface area contributed by atoms with Crippen LogP contribution in [0.4, 0.5) is 0 Å². The average Bonchev–Trinajstić information content (AvgIpc) is 2.90. The number of amides is 1. The van der Waals surface area contributed by atoms with Crippen LogP contribution >= 0.6 is 47.2 Å². The molecule has 9 heteroatoms. The molecule has 27 heavy (non-hydrogen) atoms. The molecule has 148 valence electrons. The van der Waals surface area contributed by atoms with E-state index >= 15 is 0 Å². The Balaban J connectivity index is 0.00000364. The molecule has 0 bridgehead atoms. The van der Waals surface area contributed by atoms with Crippen LogP contribution in [0.1, 0.15) is 23.0 Å². The van der Waals surface area contributed by atoms with Crippen LogP contribution in [0.2, 0.25) is 10.2 Å². The SMILES string of the molecule is CCNC(=NCc1cc(Cl)c(Cl)n1C)NCCNC(=O)c1ccccc1.I. The van der Waals surface area contributed by atoms with Gasteiger partial charge in [0, 0.05) is 37.9 Å². The van der Waals surface area contributed by atoms with Crippen LogP contribution in [-0.2, 0) is 13.6 Å². The number of hydrogen-bond donors (Lipinski definition) is 3. The molecule has 1 amide bonds. The first kappa shape index (κ1) is 23.6. The van der Waals surface area contributed by atoms with Crippen molar-refractivity contribution in [3.63, 3.8) is 0 Å². The van der Waals surface area contributed by atoms with E-state index in [1.165, 1.54) is 0 Å². The number of hydrogen-bond acceptors (Lipinski definition) is 2. The summed E-state index contributed by atoms with van der Waals surface area (Å²) in [6.07, 6.45) is 0. The van der Waals surface area contributed by atoms with Crippen LogP contribution in [0, 0.1) is 0 Å². The van der Waals surface area contributed by atoms with Crippen molar-refractivity contribution in [1.29, 1.82) is 0 Å². The molecular weight excluding hydrogens is 500 g/mol. The fourth-order valence-corrected chi connectivity index (χ4v) is 2.71. The molecule has 0 radical (unpaired) electrons. The normalized spacial score (nSPS) is 10.9. The van der Waals surface area contributed by atoms with Gasteiger partial charge in [-0.05, 0) is 25.1 Å². The molecule has 1 aromatic heterocycles. The maximum atomic E-state index is 12.0. The van der Waals surface area contributed by atoms with Crippen LogP contribution in [-0.4, -0.2) is 36.1 Å². The lowest BCUT2D eigenvalue weighted by molar-refractivity contribution is 0.0954. The van der Waals surface area contributed by atoms with Crippen LogP contribution < -0.4 is 16.0 Å². The van der Waals surface area contributed by atoms with E-state index in [0.717, 1.165) is 12.2 Å². The highest BCUT2D eigenvalue weighted by Crippen LogP contribution is 2.25. The summed E-state index contributed by atoms with van der Waals surface area (Å²) in [7, 11) is 1.85. The molecule has 0 spiro atoms. The Hall–Kier alpha value is -1.45. The van der Waals surface area contributed by atoms with Crippen molar-refractivity contribution in [3.05, 3.63) is 57.8 Å². The molecule has 6 nitrogen and oxygen atoms in total. The quantitative estimate of drug-likeness (QED) is 0.225. The standard InChI is InChI=1S/C18H23Cl2N5O.HI/c1-3-21-18(24-12-14-11-15(19)16(20)25(14)2)23-10-9-22-17(26)13-7-5-4-6-8-13;/h4-8,11H,3,9-10,12H2,1-2H3,(H,22,26)(H2,21,23,24);1H. The van der Waals surface area contributed by atoms with E-state index in [1.54, 1.807) is 22.8 Å². The Morgan fingerprint density at radius 3 is 2.37 bits per heavy atom. The number of rotatable bonds is 7. The van der Waals surface area contributed by atoms with Crippen molar-refractivity contribution < 1.29 is 4.79 Å². The molecule has 0 atom stereocenters. The first-order chi connectivity index (χ1) is 12.5. The van der Waals surface area contributed by atoms with Crippen molar-refractivity contribution in [2.75, 3.05) is 19.6 Å². The molecule has 0 aliphatic rings. The fraction of sp³-hybridized carbons (Fsp3) is 0.333. The summed E-state index contributed by atoms with van der Waals surface area (Å²) in [5.41, 5.74) is 1.56. The lowest BCUT2D eigenvalue weighted by Gasteiger charge is -2.12. The van der Waals surface area contributed by atoms with E-state index in [0.29, 0.717) is 41.3 Å². The minimum absolute atomic E-state index is 0. The van der Waals surface area contributed by atoms with Gasteiger partial charge in [-0.25, -0.2) is 4.99 Å². The Labute approximate surface area is 186 Å². The van der Waals surface area contributed by atoms with E-state index in [4.69, 9.17) is 23.2 Å². The van der Waals surface area contributed by atoms with Crippen molar-refractivity contribution in [1.82, 2.24) is 20.5 Å². The molecule has 0 saturated heterocycles. The molecule has 1 heterocycles. The highest BCUT2D eigenvalue weighted by atomic mass is 127. The summed E-state index contributed by atoms with van der Waals surface area (Å²) in [4.78, 5) is 16.5. The number of halogens is 3.